The number of aromatic nitrogens is 2. The van der Waals surface area contributed by atoms with Gasteiger partial charge in [-0.15, -0.1) is 0 Å². The number of amides is 1. The number of hydrogen-bond acceptors (Lipinski definition) is 7. The van der Waals surface area contributed by atoms with Gasteiger partial charge in [0.25, 0.3) is 0 Å². The molecule has 1 saturated heterocycles. The molecule has 1 aromatic rings. The van der Waals surface area contributed by atoms with Crippen LogP contribution in [0.2, 0.25) is 0 Å². The molecule has 0 aliphatic carbocycles. The summed E-state index contributed by atoms with van der Waals surface area (Å²) in [7, 11) is 0. The van der Waals surface area contributed by atoms with E-state index in [1.807, 2.05) is 4.90 Å². The van der Waals surface area contributed by atoms with Crippen LogP contribution >= 0.6 is 11.8 Å². The van der Waals surface area contributed by atoms with Gasteiger partial charge in [-0.2, -0.15) is 0 Å². The zero-order valence-corrected chi connectivity index (χ0v) is 15.3. The van der Waals surface area contributed by atoms with Crippen LogP contribution in [0.5, 0.6) is 0 Å². The Labute approximate surface area is 146 Å². The highest BCUT2D eigenvalue weighted by atomic mass is 32.2. The predicted octanol–water partition coefficient (Wildman–Crippen LogP) is 1.82. The molecule has 1 amide bonds. The summed E-state index contributed by atoms with van der Waals surface area (Å²) in [4.78, 5) is 36.4. The van der Waals surface area contributed by atoms with Crippen LogP contribution in [-0.2, 0) is 9.53 Å². The lowest BCUT2D eigenvalue weighted by Gasteiger charge is -2.35. The van der Waals surface area contributed by atoms with Crippen LogP contribution in [0.4, 0.5) is 5.82 Å². The molecule has 8 heteroatoms. The van der Waals surface area contributed by atoms with Gasteiger partial charge in [-0.1, -0.05) is 18.7 Å². The maximum atomic E-state index is 12.2. The van der Waals surface area contributed by atoms with Crippen LogP contribution in [0.25, 0.3) is 0 Å². The Morgan fingerprint density at radius 2 is 1.96 bits per heavy atom. The first-order chi connectivity index (χ1) is 11.6. The van der Waals surface area contributed by atoms with Gasteiger partial charge in [0.15, 0.2) is 5.16 Å². The van der Waals surface area contributed by atoms with Crippen molar-refractivity contribution in [1.29, 1.82) is 0 Å². The molecule has 0 radical (unpaired) electrons. The quantitative estimate of drug-likeness (QED) is 0.439. The fourth-order valence-corrected chi connectivity index (χ4v) is 3.11. The summed E-state index contributed by atoms with van der Waals surface area (Å²) in [6, 6.07) is 0. The van der Waals surface area contributed by atoms with Crippen molar-refractivity contribution in [2.24, 2.45) is 0 Å². The van der Waals surface area contributed by atoms with E-state index in [0.29, 0.717) is 49.3 Å². The molecule has 2 heterocycles. The zero-order valence-electron chi connectivity index (χ0n) is 14.4. The number of nitrogens with zero attached hydrogens (tertiary/aromatic N) is 4. The minimum Gasteiger partial charge on any atom is -0.462 e. The van der Waals surface area contributed by atoms with Crippen molar-refractivity contribution < 1.29 is 14.3 Å². The Balaban J connectivity index is 2.23. The molecule has 24 heavy (non-hydrogen) atoms. The number of hydrogen-bond donors (Lipinski definition) is 0. The van der Waals surface area contributed by atoms with Crippen LogP contribution in [0.3, 0.4) is 0 Å². The lowest BCUT2D eigenvalue weighted by molar-refractivity contribution is -0.129. The van der Waals surface area contributed by atoms with Crippen molar-refractivity contribution in [3.05, 3.63) is 11.8 Å². The Kier molecular flexibility index (Phi) is 6.84. The van der Waals surface area contributed by atoms with Gasteiger partial charge in [-0.25, -0.2) is 14.8 Å². The molecule has 0 unspecified atom stereocenters. The van der Waals surface area contributed by atoms with Crippen molar-refractivity contribution in [1.82, 2.24) is 14.9 Å². The third-order valence-electron chi connectivity index (χ3n) is 3.70. The largest absolute Gasteiger partial charge is 0.462 e. The van der Waals surface area contributed by atoms with Gasteiger partial charge in [-0.3, -0.25) is 4.79 Å². The minimum atomic E-state index is -0.409. The molecule has 0 bridgehead atoms. The molecular formula is C16H24N4O3S. The monoisotopic (exact) mass is 352 g/mol. The second kappa shape index (κ2) is 8.86. The van der Waals surface area contributed by atoms with E-state index in [-0.39, 0.29) is 5.91 Å². The maximum Gasteiger partial charge on any atom is 0.343 e. The van der Waals surface area contributed by atoms with Gasteiger partial charge in [0.05, 0.1) is 6.61 Å². The first kappa shape index (κ1) is 18.5. The van der Waals surface area contributed by atoms with E-state index in [0.717, 1.165) is 12.2 Å². The number of carbonyl (C=O) groups excluding carboxylic acids is 2. The number of ether oxygens (including phenoxy) is 1. The van der Waals surface area contributed by atoms with Gasteiger partial charge in [0.2, 0.25) is 5.91 Å². The molecule has 0 aromatic carbocycles. The topological polar surface area (TPSA) is 75.6 Å². The second-order valence-electron chi connectivity index (χ2n) is 5.45. The van der Waals surface area contributed by atoms with Crippen molar-refractivity contribution in [3.8, 4) is 0 Å². The predicted molar refractivity (Wildman–Crippen MR) is 93.5 cm³/mol. The Morgan fingerprint density at radius 3 is 2.54 bits per heavy atom. The van der Waals surface area contributed by atoms with Crippen molar-refractivity contribution in [2.75, 3.05) is 43.4 Å². The standard InChI is InChI=1S/C16H24N4O3S/c1-4-10-24-16-17-11-13(15(22)23-5-2)14(18-16)20-8-6-19(7-9-20)12(3)21/h11H,4-10H2,1-3H3. The average molecular weight is 352 g/mol. The van der Waals surface area contributed by atoms with Gasteiger partial charge in [-0.05, 0) is 13.3 Å². The van der Waals surface area contributed by atoms with Crippen LogP contribution in [0, 0.1) is 0 Å². The van der Waals surface area contributed by atoms with Crippen LogP contribution in [0.1, 0.15) is 37.6 Å². The molecule has 0 saturated carbocycles. The average Bonchev–Trinajstić information content (AvgIpc) is 2.60. The van der Waals surface area contributed by atoms with Gasteiger partial charge < -0.3 is 14.5 Å². The van der Waals surface area contributed by atoms with Crippen LogP contribution < -0.4 is 4.90 Å². The van der Waals surface area contributed by atoms with Crippen molar-refractivity contribution in [2.45, 2.75) is 32.3 Å². The SMILES string of the molecule is CCCSc1ncc(C(=O)OCC)c(N2CCN(C(C)=O)CC2)n1. The van der Waals surface area contributed by atoms with E-state index >= 15 is 0 Å². The second-order valence-corrected chi connectivity index (χ2v) is 6.51. The normalized spacial score (nSPS) is 14.6. The Bertz CT molecular complexity index is 589. The van der Waals surface area contributed by atoms with Crippen molar-refractivity contribution in [3.63, 3.8) is 0 Å². The fraction of sp³-hybridized carbons (Fsp3) is 0.625. The number of piperazine rings is 1. The molecule has 1 aromatic heterocycles. The highest BCUT2D eigenvalue weighted by Gasteiger charge is 2.25. The van der Waals surface area contributed by atoms with E-state index in [4.69, 9.17) is 4.74 Å². The smallest absolute Gasteiger partial charge is 0.343 e. The highest BCUT2D eigenvalue weighted by molar-refractivity contribution is 7.99. The lowest BCUT2D eigenvalue weighted by Crippen LogP contribution is -2.48. The minimum absolute atomic E-state index is 0.0714. The Hall–Kier alpha value is -1.83. The number of thioether (sulfide) groups is 1. The Morgan fingerprint density at radius 1 is 1.25 bits per heavy atom. The van der Waals surface area contributed by atoms with E-state index in [2.05, 4.69) is 16.9 Å². The number of carbonyl (C=O) groups is 2. The molecule has 1 fully saturated rings. The molecule has 0 atom stereocenters. The summed E-state index contributed by atoms with van der Waals surface area (Å²) >= 11 is 1.57. The molecular weight excluding hydrogens is 328 g/mol. The van der Waals surface area contributed by atoms with Gasteiger partial charge >= 0.3 is 5.97 Å². The molecule has 0 N–H and O–H groups in total. The highest BCUT2D eigenvalue weighted by Crippen LogP contribution is 2.24. The summed E-state index contributed by atoms with van der Waals surface area (Å²) in [5.74, 6) is 1.19. The van der Waals surface area contributed by atoms with E-state index in [9.17, 15) is 9.59 Å². The van der Waals surface area contributed by atoms with Crippen molar-refractivity contribution >= 4 is 29.5 Å². The first-order valence-electron chi connectivity index (χ1n) is 8.24. The molecule has 1 aliphatic heterocycles. The summed E-state index contributed by atoms with van der Waals surface area (Å²) in [5, 5.41) is 0.661. The fourth-order valence-electron chi connectivity index (χ4n) is 2.45. The zero-order chi connectivity index (χ0) is 17.5. The molecule has 0 spiro atoms. The third kappa shape index (κ3) is 4.59. The van der Waals surface area contributed by atoms with Crippen LogP contribution in [0.15, 0.2) is 11.4 Å². The van der Waals surface area contributed by atoms with E-state index < -0.39 is 5.97 Å². The van der Waals surface area contributed by atoms with E-state index in [1.165, 1.54) is 0 Å². The molecule has 132 valence electrons. The van der Waals surface area contributed by atoms with E-state index in [1.54, 1.807) is 36.7 Å². The van der Waals surface area contributed by atoms with Gasteiger partial charge in [0.1, 0.15) is 11.4 Å². The number of rotatable bonds is 6. The molecule has 7 nitrogen and oxygen atoms in total. The molecule has 2 rings (SSSR count). The molecule has 1 aliphatic rings. The third-order valence-corrected chi connectivity index (χ3v) is 4.77. The summed E-state index contributed by atoms with van der Waals surface area (Å²) < 4.78 is 5.12. The van der Waals surface area contributed by atoms with Crippen LogP contribution in [-0.4, -0.2) is 65.3 Å². The number of esters is 1. The summed E-state index contributed by atoms with van der Waals surface area (Å²) in [6.45, 7) is 8.28. The maximum absolute atomic E-state index is 12.2. The summed E-state index contributed by atoms with van der Waals surface area (Å²) in [5.41, 5.74) is 0.383. The number of anilines is 1. The first-order valence-corrected chi connectivity index (χ1v) is 9.22. The summed E-state index contributed by atoms with van der Waals surface area (Å²) in [6.07, 6.45) is 2.58. The van der Waals surface area contributed by atoms with Gasteiger partial charge in [0, 0.05) is 45.1 Å². The lowest BCUT2D eigenvalue weighted by atomic mass is 10.2.